The molecule has 0 aromatic heterocycles. The highest BCUT2D eigenvalue weighted by atomic mass is 35.5. The van der Waals surface area contributed by atoms with Crippen molar-refractivity contribution in [2.45, 2.75) is 45.2 Å². The average Bonchev–Trinajstić information content (AvgIpc) is 2.74. The molecular weight excluding hydrogens is 476 g/mol. The van der Waals surface area contributed by atoms with E-state index in [9.17, 15) is 4.79 Å². The lowest BCUT2D eigenvalue weighted by molar-refractivity contribution is 0.150. The Morgan fingerprint density at radius 2 is 1.90 bits per heavy atom. The second-order valence-electron chi connectivity index (χ2n) is 7.94. The zero-order chi connectivity index (χ0) is 22.4. The fraction of sp³-hybridized carbons (Fsp3) is 0.435. The third-order valence-electron chi connectivity index (χ3n) is 5.65. The summed E-state index contributed by atoms with van der Waals surface area (Å²) in [7, 11) is 0. The van der Waals surface area contributed by atoms with Gasteiger partial charge in [0.05, 0.1) is 25.8 Å². The van der Waals surface area contributed by atoms with Crippen molar-refractivity contribution in [2.75, 3.05) is 25.0 Å². The van der Waals surface area contributed by atoms with Gasteiger partial charge in [-0.3, -0.25) is 0 Å². The monoisotopic (exact) mass is 501 g/mol. The third kappa shape index (κ3) is 6.90. The summed E-state index contributed by atoms with van der Waals surface area (Å²) in [6.45, 7) is 5.38. The molecule has 2 aromatic rings. The lowest BCUT2D eigenvalue weighted by atomic mass is 10.0. The normalized spacial score (nSPS) is 16.9. The molecule has 168 valence electrons. The first-order valence-corrected chi connectivity index (χ1v) is 12.0. The summed E-state index contributed by atoms with van der Waals surface area (Å²) in [6, 6.07) is 11.0. The van der Waals surface area contributed by atoms with E-state index in [0.717, 1.165) is 25.1 Å². The lowest BCUT2D eigenvalue weighted by Gasteiger charge is -2.34. The molecular formula is C23H27Cl4N3O. The second-order valence-corrected chi connectivity index (χ2v) is 9.54. The Kier molecular flexibility index (Phi) is 9.18. The molecule has 0 bridgehead atoms. The molecule has 1 fully saturated rings. The van der Waals surface area contributed by atoms with Crippen LogP contribution in [0, 0.1) is 0 Å². The molecule has 1 saturated heterocycles. The Labute approximate surface area is 204 Å². The molecule has 4 nitrogen and oxygen atoms in total. The fourth-order valence-corrected chi connectivity index (χ4v) is 4.53. The average molecular weight is 503 g/mol. The second kappa shape index (κ2) is 11.6. The van der Waals surface area contributed by atoms with Crippen LogP contribution in [0.3, 0.4) is 0 Å². The molecule has 0 aliphatic carbocycles. The smallest absolute Gasteiger partial charge is 0.320 e. The number of rotatable bonds is 7. The molecule has 2 aromatic carbocycles. The van der Waals surface area contributed by atoms with Gasteiger partial charge in [-0.25, -0.2) is 4.79 Å². The first-order valence-electron chi connectivity index (χ1n) is 10.5. The van der Waals surface area contributed by atoms with Crippen LogP contribution in [0.5, 0.6) is 0 Å². The van der Waals surface area contributed by atoms with Crippen molar-refractivity contribution in [3.8, 4) is 0 Å². The van der Waals surface area contributed by atoms with E-state index < -0.39 is 0 Å². The standard InChI is InChI=1S/C23H27Cl4N3O/c1-16-6-2-3-11-29(16)12-5-13-30(15-17-9-10-18(24)20(26)14-17)23(31)28-21-8-4-7-19(25)22(21)27/h4,7-10,14,16H,2-3,5-6,11-13,15H2,1H3,(H,28,31). The zero-order valence-electron chi connectivity index (χ0n) is 17.5. The fourth-order valence-electron chi connectivity index (χ4n) is 3.86. The van der Waals surface area contributed by atoms with E-state index in [1.807, 2.05) is 6.07 Å². The first-order chi connectivity index (χ1) is 14.8. The van der Waals surface area contributed by atoms with Gasteiger partial charge in [0.1, 0.15) is 0 Å². The van der Waals surface area contributed by atoms with E-state index in [1.165, 1.54) is 19.3 Å². The predicted molar refractivity (Wildman–Crippen MR) is 132 cm³/mol. The Balaban J connectivity index is 1.70. The summed E-state index contributed by atoms with van der Waals surface area (Å²) in [4.78, 5) is 17.4. The van der Waals surface area contributed by atoms with Gasteiger partial charge in [0.25, 0.3) is 0 Å². The van der Waals surface area contributed by atoms with Gasteiger partial charge in [-0.2, -0.15) is 0 Å². The minimum atomic E-state index is -0.234. The van der Waals surface area contributed by atoms with Crippen LogP contribution in [-0.2, 0) is 6.54 Å². The maximum Gasteiger partial charge on any atom is 0.322 e. The minimum absolute atomic E-state index is 0.234. The topological polar surface area (TPSA) is 35.6 Å². The van der Waals surface area contributed by atoms with Crippen molar-refractivity contribution in [3.05, 3.63) is 62.1 Å². The SMILES string of the molecule is CC1CCCCN1CCCN(Cc1ccc(Cl)c(Cl)c1)C(=O)Nc1cccc(Cl)c1Cl. The van der Waals surface area contributed by atoms with Gasteiger partial charge in [-0.05, 0) is 62.6 Å². The summed E-state index contributed by atoms with van der Waals surface area (Å²) in [5.74, 6) is 0. The zero-order valence-corrected chi connectivity index (χ0v) is 20.5. The van der Waals surface area contributed by atoms with Crippen LogP contribution in [0.4, 0.5) is 10.5 Å². The number of urea groups is 1. The number of hydrogen-bond donors (Lipinski definition) is 1. The summed E-state index contributed by atoms with van der Waals surface area (Å²) in [5, 5.41) is 4.58. The van der Waals surface area contributed by atoms with Gasteiger partial charge < -0.3 is 15.1 Å². The molecule has 8 heteroatoms. The highest BCUT2D eigenvalue weighted by molar-refractivity contribution is 6.44. The van der Waals surface area contributed by atoms with Gasteiger partial charge in [0, 0.05) is 25.7 Å². The molecule has 3 rings (SSSR count). The Bertz CT molecular complexity index is 908. The Morgan fingerprint density at radius 3 is 2.65 bits per heavy atom. The molecule has 1 aliphatic rings. The number of likely N-dealkylation sites (tertiary alicyclic amines) is 1. The van der Waals surface area contributed by atoms with Crippen LogP contribution in [0.15, 0.2) is 36.4 Å². The van der Waals surface area contributed by atoms with E-state index in [0.29, 0.717) is 44.9 Å². The molecule has 0 saturated carbocycles. The van der Waals surface area contributed by atoms with Gasteiger partial charge in [-0.15, -0.1) is 0 Å². The highest BCUT2D eigenvalue weighted by Crippen LogP contribution is 2.30. The van der Waals surface area contributed by atoms with Gasteiger partial charge in [0.2, 0.25) is 0 Å². The molecule has 0 radical (unpaired) electrons. The molecule has 0 spiro atoms. The van der Waals surface area contributed by atoms with Crippen molar-refractivity contribution in [1.29, 1.82) is 0 Å². The maximum absolute atomic E-state index is 13.1. The van der Waals surface area contributed by atoms with E-state index in [1.54, 1.807) is 35.2 Å². The number of halogens is 4. The number of nitrogens with zero attached hydrogens (tertiary/aromatic N) is 2. The van der Waals surface area contributed by atoms with Gasteiger partial charge >= 0.3 is 6.03 Å². The van der Waals surface area contributed by atoms with Crippen molar-refractivity contribution in [2.24, 2.45) is 0 Å². The number of benzene rings is 2. The summed E-state index contributed by atoms with van der Waals surface area (Å²) in [6.07, 6.45) is 4.65. The first kappa shape index (κ1) is 24.5. The van der Waals surface area contributed by atoms with Crippen LogP contribution in [0.25, 0.3) is 0 Å². The van der Waals surface area contributed by atoms with Crippen LogP contribution >= 0.6 is 46.4 Å². The Hall–Kier alpha value is -1.17. The van der Waals surface area contributed by atoms with Gasteiger partial charge in [0.15, 0.2) is 0 Å². The molecule has 1 aliphatic heterocycles. The molecule has 1 atom stereocenters. The molecule has 1 unspecified atom stereocenters. The number of carbonyl (C=O) groups is 1. The molecule has 2 amide bonds. The van der Waals surface area contributed by atoms with Crippen LogP contribution in [0.1, 0.15) is 38.2 Å². The number of carbonyl (C=O) groups excluding carboxylic acids is 1. The summed E-state index contributed by atoms with van der Waals surface area (Å²) >= 11 is 24.6. The van der Waals surface area contributed by atoms with Crippen LogP contribution in [-0.4, -0.2) is 41.5 Å². The van der Waals surface area contributed by atoms with Gasteiger partial charge in [-0.1, -0.05) is 65.0 Å². The van der Waals surface area contributed by atoms with Crippen molar-refractivity contribution < 1.29 is 4.79 Å². The lowest BCUT2D eigenvalue weighted by Crippen LogP contribution is -2.40. The summed E-state index contributed by atoms with van der Waals surface area (Å²) < 4.78 is 0. The quantitative estimate of drug-likeness (QED) is 0.423. The number of piperidine rings is 1. The highest BCUT2D eigenvalue weighted by Gasteiger charge is 2.20. The number of anilines is 1. The van der Waals surface area contributed by atoms with E-state index in [4.69, 9.17) is 46.4 Å². The van der Waals surface area contributed by atoms with E-state index in [-0.39, 0.29) is 6.03 Å². The third-order valence-corrected chi connectivity index (χ3v) is 7.21. The molecule has 1 heterocycles. The number of amides is 2. The van der Waals surface area contributed by atoms with Crippen molar-refractivity contribution >= 4 is 58.1 Å². The number of hydrogen-bond acceptors (Lipinski definition) is 2. The van der Waals surface area contributed by atoms with Crippen molar-refractivity contribution in [1.82, 2.24) is 9.80 Å². The van der Waals surface area contributed by atoms with Crippen LogP contribution < -0.4 is 5.32 Å². The minimum Gasteiger partial charge on any atom is -0.320 e. The molecule has 31 heavy (non-hydrogen) atoms. The van der Waals surface area contributed by atoms with E-state index >= 15 is 0 Å². The largest absolute Gasteiger partial charge is 0.322 e. The maximum atomic E-state index is 13.1. The molecule has 1 N–H and O–H groups in total. The predicted octanol–water partition coefficient (Wildman–Crippen LogP) is 7.60. The number of nitrogens with one attached hydrogen (secondary N) is 1. The van der Waals surface area contributed by atoms with Crippen molar-refractivity contribution in [3.63, 3.8) is 0 Å². The van der Waals surface area contributed by atoms with Crippen LogP contribution in [0.2, 0.25) is 20.1 Å². The van der Waals surface area contributed by atoms with E-state index in [2.05, 4.69) is 17.1 Å². The summed E-state index contributed by atoms with van der Waals surface area (Å²) in [5.41, 5.74) is 1.40. The Morgan fingerprint density at radius 1 is 1.10 bits per heavy atom.